The number of hydrogen-bond acceptors (Lipinski definition) is 5. The van der Waals surface area contributed by atoms with Gasteiger partial charge in [0.2, 0.25) is 5.91 Å². The average Bonchev–Trinajstić information content (AvgIpc) is 2.96. The van der Waals surface area contributed by atoms with E-state index in [9.17, 15) is 14.4 Å². The molecule has 0 aliphatic carbocycles. The molecule has 0 bridgehead atoms. The number of carbonyl (C=O) groups excluding carboxylic acids is 3. The maximum absolute atomic E-state index is 14.4. The van der Waals surface area contributed by atoms with Gasteiger partial charge in [0.25, 0.3) is 5.91 Å². The van der Waals surface area contributed by atoms with Crippen molar-refractivity contribution >= 4 is 29.7 Å². The summed E-state index contributed by atoms with van der Waals surface area (Å²) in [4.78, 5) is 42.8. The zero-order chi connectivity index (χ0) is 30.7. The zero-order valence-electron chi connectivity index (χ0n) is 25.1. The molecule has 3 rings (SSSR count). The molecule has 42 heavy (non-hydrogen) atoms. The number of anilines is 1. The molecule has 0 saturated heterocycles. The molecule has 3 amide bonds. The Hall–Kier alpha value is -4.59. The molecule has 3 aromatic rings. The number of benzene rings is 3. The molecule has 3 aromatic carbocycles. The van der Waals surface area contributed by atoms with E-state index in [0.717, 1.165) is 11.1 Å². The summed E-state index contributed by atoms with van der Waals surface area (Å²) in [5.41, 5.74) is 2.10. The predicted octanol–water partition coefficient (Wildman–Crippen LogP) is 6.39. The Morgan fingerprint density at radius 3 is 2.26 bits per heavy atom. The fourth-order valence-corrected chi connectivity index (χ4v) is 4.52. The van der Waals surface area contributed by atoms with E-state index in [2.05, 4.69) is 17.2 Å². The van der Waals surface area contributed by atoms with Crippen molar-refractivity contribution in [1.29, 1.82) is 0 Å². The lowest BCUT2D eigenvalue weighted by Crippen LogP contribution is -2.53. The first-order valence-electron chi connectivity index (χ1n) is 14.1. The zero-order valence-corrected chi connectivity index (χ0v) is 25.1. The van der Waals surface area contributed by atoms with E-state index >= 15 is 0 Å². The highest BCUT2D eigenvalue weighted by molar-refractivity contribution is 5.99. The van der Waals surface area contributed by atoms with Crippen LogP contribution in [0.5, 0.6) is 5.75 Å². The molecule has 2 N–H and O–H groups in total. The highest BCUT2D eigenvalue weighted by Gasteiger charge is 2.36. The number of amides is 3. The first-order valence-corrected chi connectivity index (χ1v) is 14.1. The van der Waals surface area contributed by atoms with Crippen LogP contribution in [0.4, 0.5) is 10.5 Å². The number of alkyl carbamates (subject to hydrolysis) is 1. The second-order valence-electron chi connectivity index (χ2n) is 10.9. The summed E-state index contributed by atoms with van der Waals surface area (Å²) in [6.07, 6.45) is 1.79. The van der Waals surface area contributed by atoms with Crippen LogP contribution in [0.3, 0.4) is 0 Å². The van der Waals surface area contributed by atoms with Crippen molar-refractivity contribution in [3.05, 3.63) is 102 Å². The molecule has 0 aromatic heterocycles. The van der Waals surface area contributed by atoms with E-state index in [1.165, 1.54) is 4.90 Å². The fraction of sp³-hybridized carbons (Fsp3) is 0.324. The molecular weight excluding hydrogens is 530 g/mol. The lowest BCUT2D eigenvalue weighted by Gasteiger charge is -2.34. The predicted molar refractivity (Wildman–Crippen MR) is 166 cm³/mol. The van der Waals surface area contributed by atoms with Gasteiger partial charge in [-0.05, 0) is 74.2 Å². The Bertz CT molecular complexity index is 1350. The third-order valence-electron chi connectivity index (χ3n) is 6.40. The van der Waals surface area contributed by atoms with Crippen LogP contribution in [0.2, 0.25) is 0 Å². The number of hydrogen-bond donors (Lipinski definition) is 2. The van der Waals surface area contributed by atoms with E-state index in [1.807, 2.05) is 61.5 Å². The van der Waals surface area contributed by atoms with E-state index in [-0.39, 0.29) is 18.9 Å². The normalized spacial score (nSPS) is 12.4. The Labute approximate surface area is 248 Å². The van der Waals surface area contributed by atoms with Crippen LogP contribution in [0.1, 0.15) is 56.8 Å². The van der Waals surface area contributed by atoms with Crippen molar-refractivity contribution in [2.45, 2.75) is 58.2 Å². The van der Waals surface area contributed by atoms with Gasteiger partial charge in [-0.2, -0.15) is 0 Å². The van der Waals surface area contributed by atoms with Gasteiger partial charge in [0, 0.05) is 18.7 Å². The van der Waals surface area contributed by atoms with Crippen LogP contribution in [-0.2, 0) is 20.7 Å². The van der Waals surface area contributed by atoms with Crippen molar-refractivity contribution in [3.63, 3.8) is 0 Å². The van der Waals surface area contributed by atoms with Crippen molar-refractivity contribution in [2.75, 3.05) is 19.0 Å². The minimum absolute atomic E-state index is 0.221. The van der Waals surface area contributed by atoms with Gasteiger partial charge >= 0.3 is 6.09 Å². The number of rotatable bonds is 12. The quantitative estimate of drug-likeness (QED) is 0.263. The van der Waals surface area contributed by atoms with Gasteiger partial charge in [-0.1, -0.05) is 68.1 Å². The summed E-state index contributed by atoms with van der Waals surface area (Å²) in [5, 5.41) is 5.73. The average molecular weight is 572 g/mol. The summed E-state index contributed by atoms with van der Waals surface area (Å²) in [6, 6.07) is 21.8. The number of methoxy groups -OCH3 is 1. The first-order chi connectivity index (χ1) is 20.0. The first kappa shape index (κ1) is 31.9. The third-order valence-corrected chi connectivity index (χ3v) is 6.40. The lowest BCUT2D eigenvalue weighted by atomic mass is 9.98. The van der Waals surface area contributed by atoms with Gasteiger partial charge < -0.3 is 25.0 Å². The third kappa shape index (κ3) is 9.23. The molecule has 0 saturated carbocycles. The fourth-order valence-electron chi connectivity index (χ4n) is 4.52. The van der Waals surface area contributed by atoms with Crippen LogP contribution in [0, 0.1) is 0 Å². The SMILES string of the molecule is C=Cc1cccc(C(C(=O)Nc2ccc(OC)cc2)N(CCC)C(=O)C(Cc2ccccc2)NC(=O)OC(C)(C)C)c1. The summed E-state index contributed by atoms with van der Waals surface area (Å²) in [5.74, 6) is -0.132. The Kier molecular flexibility index (Phi) is 11.3. The number of nitrogens with one attached hydrogen (secondary N) is 2. The Morgan fingerprint density at radius 1 is 0.976 bits per heavy atom. The highest BCUT2D eigenvalue weighted by Crippen LogP contribution is 2.27. The maximum atomic E-state index is 14.4. The largest absolute Gasteiger partial charge is 0.497 e. The van der Waals surface area contributed by atoms with Gasteiger partial charge in [-0.3, -0.25) is 9.59 Å². The van der Waals surface area contributed by atoms with Crippen molar-refractivity contribution in [3.8, 4) is 5.75 Å². The number of nitrogens with zero attached hydrogens (tertiary/aromatic N) is 1. The number of ether oxygens (including phenoxy) is 2. The van der Waals surface area contributed by atoms with Crippen LogP contribution >= 0.6 is 0 Å². The van der Waals surface area contributed by atoms with E-state index < -0.39 is 29.7 Å². The summed E-state index contributed by atoms with van der Waals surface area (Å²) in [6.45, 7) is 11.4. The lowest BCUT2D eigenvalue weighted by molar-refractivity contribution is -0.140. The molecule has 8 heteroatoms. The standard InChI is InChI=1S/C34H41N3O5/c1-7-21-37(32(39)29(23-25-13-10-9-11-14-25)36-33(40)42-34(3,4)5)30(26-16-12-15-24(8-2)22-26)31(38)35-27-17-19-28(41-6)20-18-27/h8-20,22,29-30H,2,7,21,23H2,1,3-6H3,(H,35,38)(H,36,40). The van der Waals surface area contributed by atoms with E-state index in [1.54, 1.807) is 58.2 Å². The minimum atomic E-state index is -0.988. The molecule has 0 fully saturated rings. The molecule has 0 aliphatic rings. The monoisotopic (exact) mass is 571 g/mol. The molecular formula is C34H41N3O5. The van der Waals surface area contributed by atoms with Gasteiger partial charge in [0.05, 0.1) is 7.11 Å². The van der Waals surface area contributed by atoms with Crippen LogP contribution in [0.25, 0.3) is 6.08 Å². The van der Waals surface area contributed by atoms with Crippen LogP contribution in [0.15, 0.2) is 85.4 Å². The van der Waals surface area contributed by atoms with Crippen molar-refractivity contribution in [2.24, 2.45) is 0 Å². The smallest absolute Gasteiger partial charge is 0.408 e. The van der Waals surface area contributed by atoms with Gasteiger partial charge in [-0.15, -0.1) is 0 Å². The molecule has 0 spiro atoms. The molecule has 0 aliphatic heterocycles. The van der Waals surface area contributed by atoms with Gasteiger partial charge in [-0.25, -0.2) is 4.79 Å². The van der Waals surface area contributed by atoms with E-state index in [0.29, 0.717) is 23.4 Å². The van der Waals surface area contributed by atoms with Crippen molar-refractivity contribution in [1.82, 2.24) is 10.2 Å². The van der Waals surface area contributed by atoms with Gasteiger partial charge in [0.15, 0.2) is 0 Å². The molecule has 0 radical (unpaired) electrons. The van der Waals surface area contributed by atoms with E-state index in [4.69, 9.17) is 9.47 Å². The topological polar surface area (TPSA) is 97.0 Å². The highest BCUT2D eigenvalue weighted by atomic mass is 16.6. The molecule has 2 atom stereocenters. The number of carbonyl (C=O) groups is 3. The summed E-state index contributed by atoms with van der Waals surface area (Å²) in [7, 11) is 1.57. The Balaban J connectivity index is 2.04. The maximum Gasteiger partial charge on any atom is 0.408 e. The Morgan fingerprint density at radius 2 is 1.67 bits per heavy atom. The summed E-state index contributed by atoms with van der Waals surface area (Å²) >= 11 is 0. The molecule has 222 valence electrons. The molecule has 0 heterocycles. The van der Waals surface area contributed by atoms with Gasteiger partial charge in [0.1, 0.15) is 23.4 Å². The molecule has 8 nitrogen and oxygen atoms in total. The second kappa shape index (κ2) is 14.9. The van der Waals surface area contributed by atoms with Crippen LogP contribution in [-0.4, -0.2) is 48.1 Å². The summed E-state index contributed by atoms with van der Waals surface area (Å²) < 4.78 is 10.7. The minimum Gasteiger partial charge on any atom is -0.497 e. The molecule has 2 unspecified atom stereocenters. The van der Waals surface area contributed by atoms with Crippen LogP contribution < -0.4 is 15.4 Å². The van der Waals surface area contributed by atoms with Crippen molar-refractivity contribution < 1.29 is 23.9 Å². The second-order valence-corrected chi connectivity index (χ2v) is 10.9.